The molecule has 1 saturated heterocycles. The van der Waals surface area contributed by atoms with E-state index in [4.69, 9.17) is 4.74 Å². The summed E-state index contributed by atoms with van der Waals surface area (Å²) in [4.78, 5) is 26.7. The molecule has 3 atom stereocenters. The van der Waals surface area contributed by atoms with Crippen molar-refractivity contribution >= 4 is 17.6 Å². The summed E-state index contributed by atoms with van der Waals surface area (Å²) >= 11 is 0. The number of benzene rings is 1. The minimum absolute atomic E-state index is 0.00450. The lowest BCUT2D eigenvalue weighted by molar-refractivity contribution is -0.123. The van der Waals surface area contributed by atoms with Gasteiger partial charge in [-0.1, -0.05) is 30.3 Å². The molecule has 4 rings (SSSR count). The molecule has 2 fully saturated rings. The van der Waals surface area contributed by atoms with Crippen LogP contribution in [0.4, 0.5) is 4.79 Å². The van der Waals surface area contributed by atoms with Crippen molar-refractivity contribution in [1.29, 1.82) is 0 Å². The normalized spacial score (nSPS) is 24.6. The molecule has 174 valence electrons. The van der Waals surface area contributed by atoms with Gasteiger partial charge < -0.3 is 15.0 Å². The molecule has 0 aromatic heterocycles. The van der Waals surface area contributed by atoms with Gasteiger partial charge in [-0.3, -0.25) is 10.2 Å². The van der Waals surface area contributed by atoms with Crippen molar-refractivity contribution in [3.05, 3.63) is 41.5 Å². The number of amides is 2. The predicted molar refractivity (Wildman–Crippen MR) is 125 cm³/mol. The van der Waals surface area contributed by atoms with Crippen LogP contribution in [0.2, 0.25) is 0 Å². The fourth-order valence-electron chi connectivity index (χ4n) is 4.34. The molecule has 2 aliphatic heterocycles. The van der Waals surface area contributed by atoms with E-state index in [2.05, 4.69) is 34.4 Å². The van der Waals surface area contributed by atoms with Crippen LogP contribution in [-0.4, -0.2) is 47.8 Å². The van der Waals surface area contributed by atoms with E-state index >= 15 is 0 Å². The first-order chi connectivity index (χ1) is 15.2. The summed E-state index contributed by atoms with van der Waals surface area (Å²) in [5.74, 6) is 0.590. The Kier molecular flexibility index (Phi) is 6.58. The lowest BCUT2D eigenvalue weighted by Gasteiger charge is -2.29. The summed E-state index contributed by atoms with van der Waals surface area (Å²) in [6.45, 7) is 8.78. The molecule has 0 bridgehead atoms. The van der Waals surface area contributed by atoms with Gasteiger partial charge in [0.1, 0.15) is 5.60 Å². The topological polar surface area (TPSA) is 82.7 Å². The highest BCUT2D eigenvalue weighted by Crippen LogP contribution is 2.35. The van der Waals surface area contributed by atoms with Crippen LogP contribution in [-0.2, 0) is 9.53 Å². The van der Waals surface area contributed by atoms with Crippen LogP contribution < -0.4 is 16.2 Å². The van der Waals surface area contributed by atoms with Gasteiger partial charge in [0, 0.05) is 19.1 Å². The number of nitrogens with zero attached hydrogens (tertiary/aromatic N) is 1. The molecule has 2 heterocycles. The number of carbonyl (C=O) groups excluding carboxylic acids is 2. The first kappa shape index (κ1) is 22.8. The summed E-state index contributed by atoms with van der Waals surface area (Å²) in [5, 5.41) is 3.13. The smallest absolute Gasteiger partial charge is 0.410 e. The van der Waals surface area contributed by atoms with Crippen molar-refractivity contribution in [3.8, 4) is 0 Å². The Morgan fingerprint density at radius 1 is 1.16 bits per heavy atom. The predicted octanol–water partition coefficient (Wildman–Crippen LogP) is 3.53. The zero-order valence-electron chi connectivity index (χ0n) is 19.6. The van der Waals surface area contributed by atoms with E-state index in [9.17, 15) is 9.59 Å². The zero-order chi connectivity index (χ0) is 22.9. The first-order valence-electron chi connectivity index (χ1n) is 11.8. The maximum Gasteiger partial charge on any atom is 0.410 e. The number of hydrogen-bond acceptors (Lipinski definition) is 5. The highest BCUT2D eigenvalue weighted by atomic mass is 16.6. The van der Waals surface area contributed by atoms with E-state index < -0.39 is 5.60 Å². The van der Waals surface area contributed by atoms with Crippen molar-refractivity contribution < 1.29 is 14.3 Å². The van der Waals surface area contributed by atoms with E-state index in [1.165, 1.54) is 18.4 Å². The number of carbonyl (C=O) groups is 2. The van der Waals surface area contributed by atoms with Gasteiger partial charge in [0.05, 0.1) is 12.1 Å². The van der Waals surface area contributed by atoms with Gasteiger partial charge in [-0.05, 0) is 76.0 Å². The molecule has 1 saturated carbocycles. The third-order valence-electron chi connectivity index (χ3n) is 6.48. The highest BCUT2D eigenvalue weighted by molar-refractivity contribution is 5.83. The zero-order valence-corrected chi connectivity index (χ0v) is 19.6. The molecule has 32 heavy (non-hydrogen) atoms. The Labute approximate surface area is 190 Å². The highest BCUT2D eigenvalue weighted by Gasteiger charge is 2.37. The lowest BCUT2D eigenvalue weighted by atomic mass is 9.94. The Morgan fingerprint density at radius 2 is 1.88 bits per heavy atom. The quantitative estimate of drug-likeness (QED) is 0.652. The SMILES string of the molecule is CC(C(=O)NC1CC(C2CC2)NN1)c1ccc(C2=CCN(C(=O)OC(C)(C)C)CC2)cc1. The fourth-order valence-corrected chi connectivity index (χ4v) is 4.34. The summed E-state index contributed by atoms with van der Waals surface area (Å²) in [6.07, 6.45) is 6.13. The third kappa shape index (κ3) is 5.70. The van der Waals surface area contributed by atoms with Crippen LogP contribution in [0.5, 0.6) is 0 Å². The number of ether oxygens (including phenoxy) is 1. The van der Waals surface area contributed by atoms with Crippen LogP contribution >= 0.6 is 0 Å². The minimum atomic E-state index is -0.483. The summed E-state index contributed by atoms with van der Waals surface area (Å²) in [5.41, 5.74) is 9.41. The van der Waals surface area contributed by atoms with Crippen LogP contribution in [0.15, 0.2) is 30.3 Å². The third-order valence-corrected chi connectivity index (χ3v) is 6.48. The molecule has 7 nitrogen and oxygen atoms in total. The average Bonchev–Trinajstić information content (AvgIpc) is 3.51. The summed E-state index contributed by atoms with van der Waals surface area (Å²) in [7, 11) is 0. The van der Waals surface area contributed by atoms with Crippen LogP contribution in [0, 0.1) is 5.92 Å². The molecule has 3 aliphatic rings. The van der Waals surface area contributed by atoms with E-state index in [1.54, 1.807) is 4.90 Å². The van der Waals surface area contributed by atoms with E-state index in [0.29, 0.717) is 19.1 Å². The lowest BCUT2D eigenvalue weighted by Crippen LogP contribution is -2.45. The van der Waals surface area contributed by atoms with Crippen molar-refractivity contribution in [3.63, 3.8) is 0 Å². The molecule has 1 aliphatic carbocycles. The van der Waals surface area contributed by atoms with Gasteiger partial charge >= 0.3 is 6.09 Å². The Hall–Kier alpha value is -2.38. The van der Waals surface area contributed by atoms with Gasteiger partial charge in [0.15, 0.2) is 0 Å². The molecule has 1 aromatic rings. The number of hydrazine groups is 1. The second kappa shape index (κ2) is 9.24. The number of hydrogen-bond donors (Lipinski definition) is 3. The second-order valence-corrected chi connectivity index (χ2v) is 10.3. The molecule has 3 unspecified atom stereocenters. The number of rotatable bonds is 5. The van der Waals surface area contributed by atoms with E-state index in [1.807, 2.05) is 39.8 Å². The molecule has 1 aromatic carbocycles. The van der Waals surface area contributed by atoms with Crippen molar-refractivity contribution in [2.75, 3.05) is 13.1 Å². The minimum Gasteiger partial charge on any atom is -0.444 e. The van der Waals surface area contributed by atoms with Gasteiger partial charge in [0.2, 0.25) is 5.91 Å². The Balaban J connectivity index is 1.30. The van der Waals surface area contributed by atoms with Crippen LogP contribution in [0.3, 0.4) is 0 Å². The first-order valence-corrected chi connectivity index (χ1v) is 11.8. The molecular weight excluding hydrogens is 404 g/mol. The van der Waals surface area contributed by atoms with Crippen molar-refractivity contribution in [2.45, 2.75) is 77.1 Å². The maximum atomic E-state index is 12.7. The Bertz CT molecular complexity index is 870. The molecule has 0 spiro atoms. The monoisotopic (exact) mass is 440 g/mol. The van der Waals surface area contributed by atoms with Gasteiger partial charge in [0.25, 0.3) is 0 Å². The number of nitrogens with one attached hydrogen (secondary N) is 3. The maximum absolute atomic E-state index is 12.7. The van der Waals surface area contributed by atoms with E-state index in [-0.39, 0.29) is 24.1 Å². The van der Waals surface area contributed by atoms with Crippen LogP contribution in [0.1, 0.15) is 70.4 Å². The standard InChI is InChI=1S/C25H36N4O3/c1-16(23(30)26-22-15-21(27-28-22)20-9-10-20)17-5-7-18(8-6-17)19-11-13-29(14-12-19)24(31)32-25(2,3)4/h5-8,11,16,20-22,27-28H,9-10,12-15H2,1-4H3,(H,26,30). The average molecular weight is 441 g/mol. The van der Waals surface area contributed by atoms with Gasteiger partial charge in [-0.25, -0.2) is 10.2 Å². The van der Waals surface area contributed by atoms with Crippen molar-refractivity contribution in [1.82, 2.24) is 21.1 Å². The second-order valence-electron chi connectivity index (χ2n) is 10.3. The van der Waals surface area contributed by atoms with Gasteiger partial charge in [-0.15, -0.1) is 0 Å². The summed E-state index contributed by atoms with van der Waals surface area (Å²) in [6, 6.07) is 8.70. The summed E-state index contributed by atoms with van der Waals surface area (Å²) < 4.78 is 5.46. The van der Waals surface area contributed by atoms with Crippen LogP contribution in [0.25, 0.3) is 5.57 Å². The molecular formula is C25H36N4O3. The largest absolute Gasteiger partial charge is 0.444 e. The molecule has 7 heteroatoms. The molecule has 3 N–H and O–H groups in total. The van der Waals surface area contributed by atoms with Gasteiger partial charge in [-0.2, -0.15) is 0 Å². The Morgan fingerprint density at radius 3 is 2.47 bits per heavy atom. The molecule has 2 amide bonds. The van der Waals surface area contributed by atoms with Crippen molar-refractivity contribution in [2.24, 2.45) is 5.92 Å². The molecule has 0 radical (unpaired) electrons. The fraction of sp³-hybridized carbons (Fsp3) is 0.600. The van der Waals surface area contributed by atoms with E-state index in [0.717, 1.165) is 29.9 Å².